The fourth-order valence-electron chi connectivity index (χ4n) is 6.50. The van der Waals surface area contributed by atoms with Crippen LogP contribution in [0.4, 0.5) is 0 Å². The van der Waals surface area contributed by atoms with Gasteiger partial charge in [-0.25, -0.2) is 0 Å². The van der Waals surface area contributed by atoms with Crippen molar-refractivity contribution in [2.45, 2.75) is 64.3 Å². The minimum atomic E-state index is -0.230. The molecule has 5 rings (SSSR count). The molecule has 0 spiro atoms. The summed E-state index contributed by atoms with van der Waals surface area (Å²) in [5, 5.41) is 15.8. The van der Waals surface area contributed by atoms with Crippen LogP contribution >= 0.6 is 0 Å². The van der Waals surface area contributed by atoms with Crippen LogP contribution in [0.5, 0.6) is 0 Å². The molecule has 4 heteroatoms. The van der Waals surface area contributed by atoms with Crippen LogP contribution in [0, 0.1) is 34.5 Å². The quantitative estimate of drug-likeness (QED) is 0.394. The average molecular weight is 392 g/mol. The van der Waals surface area contributed by atoms with Gasteiger partial charge in [-0.15, -0.1) is 0 Å². The molecule has 29 heavy (non-hydrogen) atoms. The molecule has 0 aromatic heterocycles. The molecular weight excluding hydrogens is 358 g/mol. The fraction of sp³-hybridized carbons (Fsp3) is 0.600. The summed E-state index contributed by atoms with van der Waals surface area (Å²) in [4.78, 5) is 12.7. The molecule has 4 aliphatic rings. The largest absolute Gasteiger partial charge is 0.390 e. The summed E-state index contributed by atoms with van der Waals surface area (Å²) in [6, 6.07) is 12.6. The van der Waals surface area contributed by atoms with Crippen LogP contribution in [-0.4, -0.2) is 18.5 Å². The number of carbonyl (C=O) groups excluding carboxylic acids is 1. The molecule has 1 unspecified atom stereocenters. The number of aryl methyl sites for hydroxylation is 1. The van der Waals surface area contributed by atoms with E-state index in [2.05, 4.69) is 35.8 Å². The van der Waals surface area contributed by atoms with E-state index in [1.165, 1.54) is 44.1 Å². The Morgan fingerprint density at radius 1 is 1.17 bits per heavy atom. The van der Waals surface area contributed by atoms with Gasteiger partial charge in [-0.2, -0.15) is 5.26 Å². The monoisotopic (exact) mass is 391 g/mol. The van der Waals surface area contributed by atoms with Crippen molar-refractivity contribution in [3.05, 3.63) is 47.7 Å². The topological polar surface area (TPSA) is 64.9 Å². The van der Waals surface area contributed by atoms with Crippen molar-refractivity contribution in [2.24, 2.45) is 23.2 Å². The van der Waals surface area contributed by atoms with E-state index in [1.807, 2.05) is 18.2 Å². The zero-order valence-corrected chi connectivity index (χ0v) is 17.5. The van der Waals surface area contributed by atoms with Gasteiger partial charge in [-0.3, -0.25) is 4.79 Å². The summed E-state index contributed by atoms with van der Waals surface area (Å²) >= 11 is 0. The molecular formula is C25H33N3O. The zero-order chi connectivity index (χ0) is 20.3. The first-order valence-electron chi connectivity index (χ1n) is 11.3. The van der Waals surface area contributed by atoms with Gasteiger partial charge >= 0.3 is 0 Å². The lowest BCUT2D eigenvalue weighted by Crippen LogP contribution is -2.56. The number of hydrogen-bond donors (Lipinski definition) is 2. The number of hydrogen-bond acceptors (Lipinski definition) is 3. The molecule has 4 bridgehead atoms. The van der Waals surface area contributed by atoms with Crippen LogP contribution in [-0.2, 0) is 11.2 Å². The Hall–Kier alpha value is -2.28. The Morgan fingerprint density at radius 3 is 2.38 bits per heavy atom. The van der Waals surface area contributed by atoms with Gasteiger partial charge in [0.2, 0.25) is 0 Å². The summed E-state index contributed by atoms with van der Waals surface area (Å²) in [6.45, 7) is 2.91. The Morgan fingerprint density at radius 2 is 1.79 bits per heavy atom. The van der Waals surface area contributed by atoms with Crippen LogP contribution < -0.4 is 10.6 Å². The molecule has 4 aliphatic carbocycles. The first-order valence-corrected chi connectivity index (χ1v) is 11.3. The van der Waals surface area contributed by atoms with Gasteiger partial charge in [0.05, 0.1) is 0 Å². The molecule has 4 fully saturated rings. The molecule has 0 radical (unpaired) electrons. The van der Waals surface area contributed by atoms with Crippen LogP contribution in [0.25, 0.3) is 0 Å². The van der Waals surface area contributed by atoms with E-state index < -0.39 is 0 Å². The van der Waals surface area contributed by atoms with Gasteiger partial charge in [-0.1, -0.05) is 30.3 Å². The van der Waals surface area contributed by atoms with E-state index >= 15 is 0 Å². The number of carbonyl (C=O) groups is 1. The first kappa shape index (κ1) is 20.0. The Balaban J connectivity index is 1.27. The standard InChI is InChI=1S/C25H33N3O/c1-18(25-13-20-10-21(14-25)12-22(11-20)15-25)28-24(29)23(16-26)17-27-9-5-8-19-6-3-2-4-7-19/h2-4,6-7,17-18,20-22,27H,5,8-15H2,1H3,(H,28,29)/b23-17-. The molecule has 1 atom stereocenters. The lowest BCUT2D eigenvalue weighted by atomic mass is 9.48. The SMILES string of the molecule is CC(NC(=O)/C(C#N)=C\NCCCc1ccccc1)C12CC3CC(CC(C3)C1)C2. The zero-order valence-electron chi connectivity index (χ0n) is 17.5. The molecule has 2 N–H and O–H groups in total. The molecule has 1 aromatic carbocycles. The minimum Gasteiger partial charge on any atom is -0.390 e. The minimum absolute atomic E-state index is 0.137. The molecule has 1 aromatic rings. The number of benzene rings is 1. The predicted molar refractivity (Wildman–Crippen MR) is 115 cm³/mol. The number of amides is 1. The highest BCUT2D eigenvalue weighted by Crippen LogP contribution is 2.61. The molecule has 0 heterocycles. The maximum atomic E-state index is 12.7. The number of nitrogens with one attached hydrogen (secondary N) is 2. The Bertz CT molecular complexity index is 757. The summed E-state index contributed by atoms with van der Waals surface area (Å²) in [7, 11) is 0. The Labute approximate surface area is 174 Å². The van der Waals surface area contributed by atoms with E-state index in [9.17, 15) is 10.1 Å². The number of rotatable bonds is 8. The van der Waals surface area contributed by atoms with E-state index in [4.69, 9.17) is 0 Å². The third kappa shape index (κ3) is 4.50. The van der Waals surface area contributed by atoms with Crippen molar-refractivity contribution in [3.8, 4) is 6.07 Å². The second-order valence-corrected chi connectivity index (χ2v) is 9.69. The number of nitriles is 1. The van der Waals surface area contributed by atoms with E-state index in [0.29, 0.717) is 0 Å². The highest BCUT2D eigenvalue weighted by Gasteiger charge is 2.53. The Kier molecular flexibility index (Phi) is 5.94. The predicted octanol–water partition coefficient (Wildman–Crippen LogP) is 4.34. The maximum absolute atomic E-state index is 12.7. The van der Waals surface area contributed by atoms with Gasteiger partial charge in [0.1, 0.15) is 11.6 Å². The first-order chi connectivity index (χ1) is 14.1. The second-order valence-electron chi connectivity index (χ2n) is 9.69. The molecule has 154 valence electrons. The highest BCUT2D eigenvalue weighted by atomic mass is 16.1. The van der Waals surface area contributed by atoms with Gasteiger partial charge in [0.25, 0.3) is 5.91 Å². The normalized spacial score (nSPS) is 31.2. The van der Waals surface area contributed by atoms with Crippen LogP contribution in [0.2, 0.25) is 0 Å². The summed E-state index contributed by atoms with van der Waals surface area (Å²) in [5.74, 6) is 2.35. The van der Waals surface area contributed by atoms with Gasteiger partial charge < -0.3 is 10.6 Å². The van der Waals surface area contributed by atoms with E-state index in [-0.39, 0.29) is 22.9 Å². The number of nitrogens with zero attached hydrogens (tertiary/aromatic N) is 1. The van der Waals surface area contributed by atoms with Crippen molar-refractivity contribution < 1.29 is 4.79 Å². The summed E-state index contributed by atoms with van der Waals surface area (Å²) < 4.78 is 0. The third-order valence-electron chi connectivity index (χ3n) is 7.59. The van der Waals surface area contributed by atoms with Crippen molar-refractivity contribution in [2.75, 3.05) is 6.54 Å². The van der Waals surface area contributed by atoms with E-state index in [1.54, 1.807) is 6.20 Å². The smallest absolute Gasteiger partial charge is 0.263 e. The van der Waals surface area contributed by atoms with Gasteiger partial charge in [-0.05, 0) is 87.0 Å². The molecule has 4 nitrogen and oxygen atoms in total. The summed E-state index contributed by atoms with van der Waals surface area (Å²) in [5.41, 5.74) is 1.75. The molecule has 4 saturated carbocycles. The van der Waals surface area contributed by atoms with Gasteiger partial charge in [0.15, 0.2) is 0 Å². The third-order valence-corrected chi connectivity index (χ3v) is 7.59. The average Bonchev–Trinajstić information content (AvgIpc) is 2.70. The van der Waals surface area contributed by atoms with Crippen molar-refractivity contribution in [3.63, 3.8) is 0 Å². The van der Waals surface area contributed by atoms with Crippen molar-refractivity contribution in [1.29, 1.82) is 5.26 Å². The van der Waals surface area contributed by atoms with Crippen LogP contribution in [0.15, 0.2) is 42.1 Å². The molecule has 0 saturated heterocycles. The lowest BCUT2D eigenvalue weighted by Gasteiger charge is -2.59. The van der Waals surface area contributed by atoms with Crippen LogP contribution in [0.3, 0.4) is 0 Å². The van der Waals surface area contributed by atoms with Gasteiger partial charge in [0, 0.05) is 18.8 Å². The van der Waals surface area contributed by atoms with Crippen molar-refractivity contribution in [1.82, 2.24) is 10.6 Å². The van der Waals surface area contributed by atoms with Crippen LogP contribution in [0.1, 0.15) is 57.4 Å². The van der Waals surface area contributed by atoms with Crippen molar-refractivity contribution >= 4 is 5.91 Å². The summed E-state index contributed by atoms with van der Waals surface area (Å²) in [6.07, 6.45) is 11.5. The second kappa shape index (κ2) is 8.61. The molecule has 0 aliphatic heterocycles. The molecule has 1 amide bonds. The van der Waals surface area contributed by atoms with E-state index in [0.717, 1.165) is 37.1 Å². The fourth-order valence-corrected chi connectivity index (χ4v) is 6.50. The lowest BCUT2D eigenvalue weighted by molar-refractivity contribution is -0.122. The maximum Gasteiger partial charge on any atom is 0.263 e. The highest BCUT2D eigenvalue weighted by molar-refractivity contribution is 5.97.